The zero-order valence-electron chi connectivity index (χ0n) is 10.3. The molecular formula is C14H22N2O. The number of hydrogen-bond donors (Lipinski definition) is 2. The van der Waals surface area contributed by atoms with Gasteiger partial charge in [0.2, 0.25) is 0 Å². The predicted octanol–water partition coefficient (Wildman–Crippen LogP) is 1.76. The van der Waals surface area contributed by atoms with Gasteiger partial charge in [0.05, 0.1) is 0 Å². The lowest BCUT2D eigenvalue weighted by Crippen LogP contribution is -2.41. The molecule has 0 bridgehead atoms. The lowest BCUT2D eigenvalue weighted by Gasteiger charge is -2.31. The number of rotatable bonds is 5. The van der Waals surface area contributed by atoms with E-state index in [1.807, 2.05) is 18.3 Å². The first-order chi connectivity index (χ1) is 8.40. The third-order valence-electron chi connectivity index (χ3n) is 3.66. The number of nitrogens with one attached hydrogen (secondary N) is 1. The van der Waals surface area contributed by atoms with Crippen LogP contribution in [-0.2, 0) is 6.42 Å². The second-order valence-corrected chi connectivity index (χ2v) is 4.86. The summed E-state index contributed by atoms with van der Waals surface area (Å²) >= 11 is 0. The van der Waals surface area contributed by atoms with Gasteiger partial charge in [0, 0.05) is 37.5 Å². The number of pyridine rings is 1. The molecule has 0 radical (unpaired) electrons. The maximum absolute atomic E-state index is 9.33. The number of aliphatic hydroxyl groups excluding tert-OH is 1. The number of aliphatic hydroxyl groups is 1. The van der Waals surface area contributed by atoms with Gasteiger partial charge in [-0.15, -0.1) is 0 Å². The van der Waals surface area contributed by atoms with Gasteiger partial charge < -0.3 is 10.4 Å². The topological polar surface area (TPSA) is 45.1 Å². The molecule has 1 aliphatic carbocycles. The van der Waals surface area contributed by atoms with Gasteiger partial charge >= 0.3 is 0 Å². The molecule has 0 spiro atoms. The Kier molecular flexibility index (Phi) is 4.95. The largest absolute Gasteiger partial charge is 0.396 e. The molecule has 1 saturated carbocycles. The first-order valence-electron chi connectivity index (χ1n) is 6.64. The van der Waals surface area contributed by atoms with E-state index in [9.17, 15) is 5.11 Å². The molecule has 0 amide bonds. The summed E-state index contributed by atoms with van der Waals surface area (Å²) in [6, 6.07) is 6.53. The molecule has 2 atom stereocenters. The molecule has 2 unspecified atom stereocenters. The van der Waals surface area contributed by atoms with Gasteiger partial charge in [-0.25, -0.2) is 0 Å². The molecule has 94 valence electrons. The summed E-state index contributed by atoms with van der Waals surface area (Å²) in [5.74, 6) is 0.451. The second kappa shape index (κ2) is 6.72. The van der Waals surface area contributed by atoms with Gasteiger partial charge in [-0.05, 0) is 30.9 Å². The average Bonchev–Trinajstić information content (AvgIpc) is 2.40. The lowest BCUT2D eigenvalue weighted by molar-refractivity contribution is 0.153. The Bertz CT molecular complexity index is 315. The molecule has 1 aromatic rings. The first-order valence-corrected chi connectivity index (χ1v) is 6.64. The van der Waals surface area contributed by atoms with Crippen LogP contribution in [0.4, 0.5) is 0 Å². The van der Waals surface area contributed by atoms with Crippen LogP contribution in [0.25, 0.3) is 0 Å². The molecule has 0 aliphatic heterocycles. The van der Waals surface area contributed by atoms with Crippen LogP contribution >= 0.6 is 0 Å². The Morgan fingerprint density at radius 3 is 2.94 bits per heavy atom. The Labute approximate surface area is 103 Å². The SMILES string of the molecule is OCC1CCCCC1NCCc1ccccn1. The summed E-state index contributed by atoms with van der Waals surface area (Å²) in [7, 11) is 0. The first kappa shape index (κ1) is 12.5. The molecule has 17 heavy (non-hydrogen) atoms. The van der Waals surface area contributed by atoms with Gasteiger partial charge in [-0.2, -0.15) is 0 Å². The molecule has 3 heteroatoms. The summed E-state index contributed by atoms with van der Waals surface area (Å²) in [6.07, 6.45) is 7.73. The van der Waals surface area contributed by atoms with Gasteiger partial charge in [-0.1, -0.05) is 18.9 Å². The standard InChI is InChI=1S/C14H22N2O/c17-11-12-5-1-2-7-14(12)16-10-8-13-6-3-4-9-15-13/h3-4,6,9,12,14,16-17H,1-2,5,7-8,10-11H2. The van der Waals surface area contributed by atoms with Crippen molar-refractivity contribution in [3.63, 3.8) is 0 Å². The van der Waals surface area contributed by atoms with Crippen LogP contribution in [0.3, 0.4) is 0 Å². The molecule has 1 aromatic heterocycles. The third-order valence-corrected chi connectivity index (χ3v) is 3.66. The molecule has 1 heterocycles. The number of hydrogen-bond acceptors (Lipinski definition) is 3. The van der Waals surface area contributed by atoms with Crippen LogP contribution in [-0.4, -0.2) is 29.3 Å². The Hall–Kier alpha value is -0.930. The van der Waals surface area contributed by atoms with E-state index in [-0.39, 0.29) is 0 Å². The smallest absolute Gasteiger partial charge is 0.0474 e. The summed E-state index contributed by atoms with van der Waals surface area (Å²) in [5.41, 5.74) is 1.14. The molecular weight excluding hydrogens is 212 g/mol. The average molecular weight is 234 g/mol. The molecule has 1 fully saturated rings. The van der Waals surface area contributed by atoms with E-state index in [1.54, 1.807) is 0 Å². The van der Waals surface area contributed by atoms with Crippen molar-refractivity contribution >= 4 is 0 Å². The van der Waals surface area contributed by atoms with Crippen molar-refractivity contribution < 1.29 is 5.11 Å². The van der Waals surface area contributed by atoms with Gasteiger partial charge in [0.15, 0.2) is 0 Å². The van der Waals surface area contributed by atoms with Crippen molar-refractivity contribution in [1.29, 1.82) is 0 Å². The van der Waals surface area contributed by atoms with Gasteiger partial charge in [0.1, 0.15) is 0 Å². The summed E-state index contributed by atoms with van der Waals surface area (Å²) in [4.78, 5) is 4.31. The monoisotopic (exact) mass is 234 g/mol. The van der Waals surface area contributed by atoms with Crippen molar-refractivity contribution in [2.75, 3.05) is 13.2 Å². The van der Waals surface area contributed by atoms with E-state index in [0.29, 0.717) is 18.6 Å². The molecule has 3 nitrogen and oxygen atoms in total. The molecule has 1 aliphatic rings. The molecule has 0 saturated heterocycles. The number of nitrogens with zero attached hydrogens (tertiary/aromatic N) is 1. The Morgan fingerprint density at radius 2 is 2.18 bits per heavy atom. The fourth-order valence-electron chi connectivity index (χ4n) is 2.63. The fourth-order valence-corrected chi connectivity index (χ4v) is 2.63. The van der Waals surface area contributed by atoms with Crippen molar-refractivity contribution in [3.05, 3.63) is 30.1 Å². The van der Waals surface area contributed by atoms with Crippen LogP contribution in [0.5, 0.6) is 0 Å². The van der Waals surface area contributed by atoms with Crippen molar-refractivity contribution in [2.24, 2.45) is 5.92 Å². The minimum atomic E-state index is 0.321. The van der Waals surface area contributed by atoms with Crippen molar-refractivity contribution in [1.82, 2.24) is 10.3 Å². The molecule has 0 aromatic carbocycles. The Balaban J connectivity index is 1.74. The van der Waals surface area contributed by atoms with Crippen LogP contribution in [0.1, 0.15) is 31.4 Å². The van der Waals surface area contributed by atoms with E-state index in [4.69, 9.17) is 0 Å². The van der Waals surface area contributed by atoms with Crippen molar-refractivity contribution in [2.45, 2.75) is 38.1 Å². The van der Waals surface area contributed by atoms with E-state index in [0.717, 1.165) is 25.1 Å². The minimum Gasteiger partial charge on any atom is -0.396 e. The normalized spacial score (nSPS) is 24.8. The van der Waals surface area contributed by atoms with Crippen LogP contribution < -0.4 is 5.32 Å². The maximum Gasteiger partial charge on any atom is 0.0474 e. The van der Waals surface area contributed by atoms with Crippen LogP contribution in [0.15, 0.2) is 24.4 Å². The highest BCUT2D eigenvalue weighted by Gasteiger charge is 2.23. The highest BCUT2D eigenvalue weighted by atomic mass is 16.3. The molecule has 2 N–H and O–H groups in total. The van der Waals surface area contributed by atoms with E-state index < -0.39 is 0 Å². The van der Waals surface area contributed by atoms with E-state index in [2.05, 4.69) is 16.4 Å². The zero-order chi connectivity index (χ0) is 11.9. The zero-order valence-corrected chi connectivity index (χ0v) is 10.3. The molecule has 2 rings (SSSR count). The fraction of sp³-hybridized carbons (Fsp3) is 0.643. The lowest BCUT2D eigenvalue weighted by atomic mass is 9.85. The third kappa shape index (κ3) is 3.79. The van der Waals surface area contributed by atoms with Crippen LogP contribution in [0, 0.1) is 5.92 Å². The van der Waals surface area contributed by atoms with E-state index in [1.165, 1.54) is 19.3 Å². The highest BCUT2D eigenvalue weighted by molar-refractivity contribution is 5.03. The highest BCUT2D eigenvalue weighted by Crippen LogP contribution is 2.23. The minimum absolute atomic E-state index is 0.321. The maximum atomic E-state index is 9.33. The van der Waals surface area contributed by atoms with Gasteiger partial charge in [0.25, 0.3) is 0 Å². The van der Waals surface area contributed by atoms with E-state index >= 15 is 0 Å². The Morgan fingerprint density at radius 1 is 1.29 bits per heavy atom. The summed E-state index contributed by atoms with van der Waals surface area (Å²) in [6.45, 7) is 1.28. The second-order valence-electron chi connectivity index (χ2n) is 4.86. The quantitative estimate of drug-likeness (QED) is 0.816. The summed E-state index contributed by atoms with van der Waals surface area (Å²) in [5, 5.41) is 12.9. The predicted molar refractivity (Wildman–Crippen MR) is 68.8 cm³/mol. The van der Waals surface area contributed by atoms with Crippen LogP contribution in [0.2, 0.25) is 0 Å². The summed E-state index contributed by atoms with van der Waals surface area (Å²) < 4.78 is 0. The van der Waals surface area contributed by atoms with Crippen molar-refractivity contribution in [3.8, 4) is 0 Å². The van der Waals surface area contributed by atoms with Gasteiger partial charge in [-0.3, -0.25) is 4.98 Å². The number of aromatic nitrogens is 1.